The number of nitrogens with one attached hydrogen (secondary N) is 1. The Morgan fingerprint density at radius 2 is 1.71 bits per heavy atom. The number of amides is 1. The molecule has 6 nitrogen and oxygen atoms in total. The lowest BCUT2D eigenvalue weighted by Crippen LogP contribution is -2.24. The van der Waals surface area contributed by atoms with Gasteiger partial charge in [0, 0.05) is 0 Å². The van der Waals surface area contributed by atoms with Crippen molar-refractivity contribution in [3.05, 3.63) is 89.5 Å². The van der Waals surface area contributed by atoms with Gasteiger partial charge in [0.05, 0.1) is 12.8 Å². The molecule has 1 unspecified atom stereocenters. The average molecular weight is 461 g/mol. The van der Waals surface area contributed by atoms with E-state index in [4.69, 9.17) is 14.2 Å². The van der Waals surface area contributed by atoms with Gasteiger partial charge in [0.1, 0.15) is 12.4 Å². The summed E-state index contributed by atoms with van der Waals surface area (Å²) in [6.07, 6.45) is 2.64. The SMILES string of the molecule is CCOc1cc(C=NNC(=O)COc2ccc(C(C)CC)cc2)ccc1OCc1ccccc1. The maximum atomic E-state index is 12.1. The van der Waals surface area contributed by atoms with E-state index in [0.717, 1.165) is 17.5 Å². The van der Waals surface area contributed by atoms with Gasteiger partial charge >= 0.3 is 0 Å². The highest BCUT2D eigenvalue weighted by molar-refractivity contribution is 5.83. The fraction of sp³-hybridized carbons (Fsp3) is 0.286. The Balaban J connectivity index is 1.50. The average Bonchev–Trinajstić information content (AvgIpc) is 2.87. The topological polar surface area (TPSA) is 69.2 Å². The highest BCUT2D eigenvalue weighted by Gasteiger charge is 2.07. The molecule has 0 spiro atoms. The van der Waals surface area contributed by atoms with Gasteiger partial charge in [-0.1, -0.05) is 56.3 Å². The van der Waals surface area contributed by atoms with E-state index in [0.29, 0.717) is 36.4 Å². The molecule has 1 atom stereocenters. The molecule has 178 valence electrons. The molecular weight excluding hydrogens is 428 g/mol. The Bertz CT molecular complexity index is 1070. The Hall–Kier alpha value is -3.80. The van der Waals surface area contributed by atoms with Crippen LogP contribution in [-0.4, -0.2) is 25.3 Å². The molecule has 0 saturated heterocycles. The van der Waals surface area contributed by atoms with E-state index in [1.807, 2.05) is 79.7 Å². The fourth-order valence-electron chi connectivity index (χ4n) is 3.22. The standard InChI is InChI=1S/C28H32N2O4/c1-4-21(3)24-12-14-25(15-13-24)33-20-28(31)30-29-18-23-11-16-26(27(17-23)32-5-2)34-19-22-9-7-6-8-10-22/h6-18,21H,4-5,19-20H2,1-3H3,(H,30,31). The number of hydrogen-bond donors (Lipinski definition) is 1. The molecular formula is C28H32N2O4. The van der Waals surface area contributed by atoms with Crippen LogP contribution in [0.4, 0.5) is 0 Å². The lowest BCUT2D eigenvalue weighted by Gasteiger charge is -2.12. The number of hydrazone groups is 1. The molecule has 0 fully saturated rings. The van der Waals surface area contributed by atoms with Crippen molar-refractivity contribution in [1.29, 1.82) is 0 Å². The number of carbonyl (C=O) groups excluding carboxylic acids is 1. The summed E-state index contributed by atoms with van der Waals surface area (Å²) < 4.78 is 17.2. The van der Waals surface area contributed by atoms with Crippen LogP contribution in [-0.2, 0) is 11.4 Å². The minimum atomic E-state index is -0.338. The number of rotatable bonds is 12. The van der Waals surface area contributed by atoms with Crippen LogP contribution in [0.2, 0.25) is 0 Å². The fourth-order valence-corrected chi connectivity index (χ4v) is 3.22. The van der Waals surface area contributed by atoms with Gasteiger partial charge in [-0.25, -0.2) is 5.43 Å². The van der Waals surface area contributed by atoms with Crippen molar-refractivity contribution < 1.29 is 19.0 Å². The van der Waals surface area contributed by atoms with Crippen molar-refractivity contribution in [1.82, 2.24) is 5.43 Å². The van der Waals surface area contributed by atoms with E-state index in [1.165, 1.54) is 5.56 Å². The highest BCUT2D eigenvalue weighted by Crippen LogP contribution is 2.29. The van der Waals surface area contributed by atoms with Crippen molar-refractivity contribution in [2.24, 2.45) is 5.10 Å². The van der Waals surface area contributed by atoms with E-state index in [9.17, 15) is 4.79 Å². The predicted molar refractivity (Wildman–Crippen MR) is 135 cm³/mol. The zero-order valence-electron chi connectivity index (χ0n) is 20.0. The molecule has 0 heterocycles. The Labute approximate surface area is 201 Å². The van der Waals surface area contributed by atoms with Gasteiger partial charge in [-0.2, -0.15) is 5.10 Å². The minimum absolute atomic E-state index is 0.115. The van der Waals surface area contributed by atoms with Gasteiger partial charge in [0.25, 0.3) is 5.91 Å². The Kier molecular flexibility index (Phi) is 9.52. The summed E-state index contributed by atoms with van der Waals surface area (Å²) in [5.41, 5.74) is 5.59. The maximum absolute atomic E-state index is 12.1. The van der Waals surface area contributed by atoms with Crippen molar-refractivity contribution >= 4 is 12.1 Å². The van der Waals surface area contributed by atoms with E-state index >= 15 is 0 Å². The molecule has 3 aromatic rings. The van der Waals surface area contributed by atoms with Gasteiger partial charge < -0.3 is 14.2 Å². The van der Waals surface area contributed by atoms with Crippen LogP contribution in [0.3, 0.4) is 0 Å². The van der Waals surface area contributed by atoms with E-state index in [2.05, 4.69) is 24.4 Å². The molecule has 1 amide bonds. The van der Waals surface area contributed by atoms with E-state index in [1.54, 1.807) is 6.21 Å². The summed E-state index contributed by atoms with van der Waals surface area (Å²) >= 11 is 0. The van der Waals surface area contributed by atoms with Crippen molar-refractivity contribution in [3.63, 3.8) is 0 Å². The summed E-state index contributed by atoms with van der Waals surface area (Å²) in [7, 11) is 0. The molecule has 34 heavy (non-hydrogen) atoms. The summed E-state index contributed by atoms with van der Waals surface area (Å²) in [5, 5.41) is 4.03. The first kappa shape index (κ1) is 24.8. The molecule has 0 aliphatic rings. The molecule has 3 rings (SSSR count). The molecule has 1 N–H and O–H groups in total. The molecule has 6 heteroatoms. The van der Waals surface area contributed by atoms with Crippen molar-refractivity contribution in [2.75, 3.05) is 13.2 Å². The normalized spacial score (nSPS) is 11.7. The summed E-state index contributed by atoms with van der Waals surface area (Å²) in [6.45, 7) is 7.10. The quantitative estimate of drug-likeness (QED) is 0.278. The largest absolute Gasteiger partial charge is 0.490 e. The lowest BCUT2D eigenvalue weighted by atomic mass is 9.99. The molecule has 0 bridgehead atoms. The lowest BCUT2D eigenvalue weighted by molar-refractivity contribution is -0.123. The van der Waals surface area contributed by atoms with Crippen LogP contribution < -0.4 is 19.6 Å². The van der Waals surface area contributed by atoms with Crippen LogP contribution in [0.25, 0.3) is 0 Å². The molecule has 0 aliphatic heterocycles. The first-order chi connectivity index (χ1) is 16.6. The number of hydrogen-bond acceptors (Lipinski definition) is 5. The van der Waals surface area contributed by atoms with Gasteiger partial charge in [-0.05, 0) is 66.3 Å². The second kappa shape index (κ2) is 13.0. The molecule has 3 aromatic carbocycles. The molecule has 0 aromatic heterocycles. The smallest absolute Gasteiger partial charge is 0.277 e. The number of carbonyl (C=O) groups is 1. The van der Waals surface area contributed by atoms with Crippen molar-refractivity contribution in [2.45, 2.75) is 39.7 Å². The van der Waals surface area contributed by atoms with Crippen LogP contribution in [0.5, 0.6) is 17.2 Å². The third-order valence-corrected chi connectivity index (χ3v) is 5.34. The van der Waals surface area contributed by atoms with E-state index < -0.39 is 0 Å². The highest BCUT2D eigenvalue weighted by atomic mass is 16.5. The third kappa shape index (κ3) is 7.66. The summed E-state index contributed by atoms with van der Waals surface area (Å²) in [6, 6.07) is 23.3. The van der Waals surface area contributed by atoms with Crippen molar-refractivity contribution in [3.8, 4) is 17.2 Å². The van der Waals surface area contributed by atoms with Gasteiger partial charge in [-0.15, -0.1) is 0 Å². The molecule has 0 saturated carbocycles. The first-order valence-corrected chi connectivity index (χ1v) is 11.6. The number of ether oxygens (including phenoxy) is 3. The van der Waals surface area contributed by atoms with Gasteiger partial charge in [-0.3, -0.25) is 4.79 Å². The monoisotopic (exact) mass is 460 g/mol. The predicted octanol–water partition coefficient (Wildman–Crippen LogP) is 5.71. The van der Waals surface area contributed by atoms with Crippen LogP contribution in [0, 0.1) is 0 Å². The minimum Gasteiger partial charge on any atom is -0.490 e. The number of benzene rings is 3. The Morgan fingerprint density at radius 3 is 2.41 bits per heavy atom. The summed E-state index contributed by atoms with van der Waals surface area (Å²) in [5.74, 6) is 2.09. The second-order valence-electron chi connectivity index (χ2n) is 7.87. The van der Waals surface area contributed by atoms with Gasteiger partial charge in [0.15, 0.2) is 18.1 Å². The number of nitrogens with zero attached hydrogens (tertiary/aromatic N) is 1. The van der Waals surface area contributed by atoms with Crippen LogP contribution in [0.1, 0.15) is 49.8 Å². The molecule has 0 aliphatic carbocycles. The maximum Gasteiger partial charge on any atom is 0.277 e. The zero-order valence-corrected chi connectivity index (χ0v) is 20.0. The zero-order chi connectivity index (χ0) is 24.2. The second-order valence-corrected chi connectivity index (χ2v) is 7.87. The molecule has 0 radical (unpaired) electrons. The first-order valence-electron chi connectivity index (χ1n) is 11.6. The summed E-state index contributed by atoms with van der Waals surface area (Å²) in [4.78, 5) is 12.1. The van der Waals surface area contributed by atoms with Crippen LogP contribution in [0.15, 0.2) is 77.9 Å². The Morgan fingerprint density at radius 1 is 0.941 bits per heavy atom. The van der Waals surface area contributed by atoms with E-state index in [-0.39, 0.29) is 12.5 Å². The van der Waals surface area contributed by atoms with Crippen LogP contribution >= 0.6 is 0 Å². The van der Waals surface area contributed by atoms with Gasteiger partial charge in [0.2, 0.25) is 0 Å². The third-order valence-electron chi connectivity index (χ3n) is 5.34.